The summed E-state index contributed by atoms with van der Waals surface area (Å²) in [5.41, 5.74) is 2.27. The van der Waals surface area contributed by atoms with Crippen LogP contribution in [0, 0.1) is 6.92 Å². The van der Waals surface area contributed by atoms with Gasteiger partial charge >= 0.3 is 6.03 Å². The molecule has 3 amide bonds. The van der Waals surface area contributed by atoms with Gasteiger partial charge in [0.1, 0.15) is 6.04 Å². The Balaban J connectivity index is 1.54. The maximum absolute atomic E-state index is 12.4. The average Bonchev–Trinajstić information content (AvgIpc) is 2.91. The van der Waals surface area contributed by atoms with Crippen LogP contribution in [0.5, 0.6) is 0 Å². The van der Waals surface area contributed by atoms with Gasteiger partial charge in [0.2, 0.25) is 5.91 Å². The van der Waals surface area contributed by atoms with E-state index in [9.17, 15) is 9.59 Å². The smallest absolute Gasteiger partial charge is 0.321 e. The molecule has 7 nitrogen and oxygen atoms in total. The van der Waals surface area contributed by atoms with Gasteiger partial charge in [-0.3, -0.25) is 10.1 Å². The molecule has 2 heterocycles. The Morgan fingerprint density at radius 2 is 2.08 bits per heavy atom. The molecular formula is C17H19N5O2. The first-order chi connectivity index (χ1) is 11.6. The molecule has 24 heavy (non-hydrogen) atoms. The van der Waals surface area contributed by atoms with Crippen LogP contribution in [0.4, 0.5) is 10.6 Å². The fourth-order valence-corrected chi connectivity index (χ4v) is 2.62. The molecule has 1 atom stereocenters. The third kappa shape index (κ3) is 3.87. The van der Waals surface area contributed by atoms with Gasteiger partial charge in [-0.05, 0) is 31.0 Å². The Morgan fingerprint density at radius 3 is 2.79 bits per heavy atom. The van der Waals surface area contributed by atoms with E-state index in [1.807, 2.05) is 31.2 Å². The number of likely N-dealkylation sites (tertiary alicyclic amines) is 1. The monoisotopic (exact) mass is 325 g/mol. The quantitative estimate of drug-likeness (QED) is 0.896. The van der Waals surface area contributed by atoms with E-state index in [1.165, 1.54) is 11.8 Å². The number of anilines is 1. The topological polar surface area (TPSA) is 87.2 Å². The van der Waals surface area contributed by atoms with Crippen LogP contribution in [-0.4, -0.2) is 39.6 Å². The van der Waals surface area contributed by atoms with Crippen molar-refractivity contribution in [3.8, 4) is 0 Å². The minimum absolute atomic E-state index is 0.0649. The molecule has 0 bridgehead atoms. The van der Waals surface area contributed by atoms with Crippen molar-refractivity contribution < 1.29 is 9.59 Å². The van der Waals surface area contributed by atoms with Gasteiger partial charge in [-0.15, -0.1) is 5.10 Å². The number of benzene rings is 1. The number of nitrogens with one attached hydrogen (secondary N) is 2. The number of urea groups is 1. The summed E-state index contributed by atoms with van der Waals surface area (Å²) in [6.45, 7) is 3.21. The van der Waals surface area contributed by atoms with E-state index in [4.69, 9.17) is 0 Å². The zero-order chi connectivity index (χ0) is 16.9. The number of aryl methyl sites for hydroxylation is 1. The van der Waals surface area contributed by atoms with Crippen LogP contribution < -0.4 is 10.6 Å². The molecule has 1 fully saturated rings. The second-order valence-corrected chi connectivity index (χ2v) is 5.79. The highest BCUT2D eigenvalue weighted by atomic mass is 16.2. The van der Waals surface area contributed by atoms with Gasteiger partial charge < -0.3 is 10.2 Å². The van der Waals surface area contributed by atoms with Crippen molar-refractivity contribution in [3.05, 3.63) is 53.7 Å². The number of carbonyl (C=O) groups excluding carboxylic acids is 2. The van der Waals surface area contributed by atoms with Gasteiger partial charge in [-0.1, -0.05) is 29.8 Å². The van der Waals surface area contributed by atoms with Gasteiger partial charge in [-0.2, -0.15) is 5.10 Å². The van der Waals surface area contributed by atoms with Crippen LogP contribution in [0.3, 0.4) is 0 Å². The van der Waals surface area contributed by atoms with Crippen LogP contribution in [0.1, 0.15) is 17.5 Å². The molecule has 1 aliphatic heterocycles. The van der Waals surface area contributed by atoms with Crippen molar-refractivity contribution in [2.45, 2.75) is 25.9 Å². The number of aromatic nitrogens is 2. The molecule has 0 radical (unpaired) electrons. The van der Waals surface area contributed by atoms with Crippen LogP contribution >= 0.6 is 0 Å². The molecule has 3 rings (SSSR count). The van der Waals surface area contributed by atoms with E-state index >= 15 is 0 Å². The number of carbonyl (C=O) groups is 2. The van der Waals surface area contributed by atoms with E-state index in [1.54, 1.807) is 17.0 Å². The van der Waals surface area contributed by atoms with Crippen molar-refractivity contribution in [2.24, 2.45) is 0 Å². The van der Waals surface area contributed by atoms with Gasteiger partial charge in [0.25, 0.3) is 0 Å². The zero-order valence-electron chi connectivity index (χ0n) is 13.4. The van der Waals surface area contributed by atoms with Crippen LogP contribution in [0.2, 0.25) is 0 Å². The molecule has 2 aromatic rings. The maximum atomic E-state index is 12.4. The molecule has 0 saturated carbocycles. The lowest BCUT2D eigenvalue weighted by molar-refractivity contribution is -0.129. The number of nitrogens with zero attached hydrogens (tertiary/aromatic N) is 3. The Kier molecular flexibility index (Phi) is 4.69. The lowest BCUT2D eigenvalue weighted by atomic mass is 10.1. The van der Waals surface area contributed by atoms with E-state index in [0.29, 0.717) is 25.3 Å². The Bertz CT molecular complexity index is 718. The summed E-state index contributed by atoms with van der Waals surface area (Å²) in [6, 6.07) is 10.4. The fraction of sp³-hybridized carbons (Fsp3) is 0.294. The maximum Gasteiger partial charge on any atom is 0.321 e. The Morgan fingerprint density at radius 1 is 1.29 bits per heavy atom. The largest absolute Gasteiger partial charge is 0.336 e. The standard InChI is InChI=1S/C17H19N5O2/c1-12-4-6-13(7-5-12)11-22-10-8-14(16(22)23)19-17(24)20-15-3-2-9-18-21-15/h2-7,9,14H,8,10-11H2,1H3,(H2,19,20,21,24)/t14-/m0/s1. The molecule has 124 valence electrons. The minimum atomic E-state index is -0.507. The number of hydrogen-bond donors (Lipinski definition) is 2. The van der Waals surface area contributed by atoms with Crippen molar-refractivity contribution in [1.29, 1.82) is 0 Å². The summed E-state index contributed by atoms with van der Waals surface area (Å²) in [5, 5.41) is 12.7. The predicted octanol–water partition coefficient (Wildman–Crippen LogP) is 1.71. The first-order valence-corrected chi connectivity index (χ1v) is 7.81. The molecule has 1 aromatic heterocycles. The average molecular weight is 325 g/mol. The summed E-state index contributed by atoms with van der Waals surface area (Å²) in [5.74, 6) is 0.279. The summed E-state index contributed by atoms with van der Waals surface area (Å²) >= 11 is 0. The Hall–Kier alpha value is -2.96. The zero-order valence-corrected chi connectivity index (χ0v) is 13.4. The predicted molar refractivity (Wildman–Crippen MR) is 89.2 cm³/mol. The summed E-state index contributed by atoms with van der Waals surface area (Å²) < 4.78 is 0. The minimum Gasteiger partial charge on any atom is -0.336 e. The summed E-state index contributed by atoms with van der Waals surface area (Å²) in [4.78, 5) is 26.1. The van der Waals surface area contributed by atoms with Gasteiger partial charge in [0, 0.05) is 19.3 Å². The SMILES string of the molecule is Cc1ccc(CN2CC[C@H](NC(=O)Nc3cccnn3)C2=O)cc1. The van der Waals surface area contributed by atoms with E-state index in [0.717, 1.165) is 5.56 Å². The summed E-state index contributed by atoms with van der Waals surface area (Å²) in [6.07, 6.45) is 2.12. The van der Waals surface area contributed by atoms with Crippen LogP contribution in [0.25, 0.3) is 0 Å². The molecule has 0 unspecified atom stereocenters. The van der Waals surface area contributed by atoms with E-state index < -0.39 is 12.1 Å². The first-order valence-electron chi connectivity index (χ1n) is 7.81. The Labute approximate surface area is 140 Å². The second-order valence-electron chi connectivity index (χ2n) is 5.79. The molecule has 1 saturated heterocycles. The van der Waals surface area contributed by atoms with Crippen LogP contribution in [0.15, 0.2) is 42.6 Å². The third-order valence-electron chi connectivity index (χ3n) is 3.91. The van der Waals surface area contributed by atoms with Crippen LogP contribution in [-0.2, 0) is 11.3 Å². The van der Waals surface area contributed by atoms with Crippen molar-refractivity contribution >= 4 is 17.8 Å². The lowest BCUT2D eigenvalue weighted by Crippen LogP contribution is -2.43. The van der Waals surface area contributed by atoms with Gasteiger partial charge in [-0.25, -0.2) is 4.79 Å². The molecule has 0 aliphatic carbocycles. The van der Waals surface area contributed by atoms with E-state index in [-0.39, 0.29) is 5.91 Å². The molecule has 1 aromatic carbocycles. The second kappa shape index (κ2) is 7.08. The number of hydrogen-bond acceptors (Lipinski definition) is 4. The third-order valence-corrected chi connectivity index (χ3v) is 3.91. The van der Waals surface area contributed by atoms with Gasteiger partial charge in [0.05, 0.1) is 0 Å². The molecule has 7 heteroatoms. The highest BCUT2D eigenvalue weighted by Crippen LogP contribution is 2.16. The fourth-order valence-electron chi connectivity index (χ4n) is 2.62. The highest BCUT2D eigenvalue weighted by molar-refractivity contribution is 5.93. The van der Waals surface area contributed by atoms with Crippen molar-refractivity contribution in [2.75, 3.05) is 11.9 Å². The highest BCUT2D eigenvalue weighted by Gasteiger charge is 2.32. The lowest BCUT2D eigenvalue weighted by Gasteiger charge is -2.17. The summed E-state index contributed by atoms with van der Waals surface area (Å²) in [7, 11) is 0. The van der Waals surface area contributed by atoms with Crippen molar-refractivity contribution in [3.63, 3.8) is 0 Å². The van der Waals surface area contributed by atoms with Gasteiger partial charge in [0.15, 0.2) is 5.82 Å². The van der Waals surface area contributed by atoms with E-state index in [2.05, 4.69) is 20.8 Å². The normalized spacial score (nSPS) is 17.0. The number of rotatable bonds is 4. The molecule has 1 aliphatic rings. The molecule has 2 N–H and O–H groups in total. The first kappa shape index (κ1) is 15.9. The van der Waals surface area contributed by atoms with Crippen molar-refractivity contribution in [1.82, 2.24) is 20.4 Å². The molecule has 0 spiro atoms. The number of amides is 3. The molecular weight excluding hydrogens is 306 g/mol.